The molecule has 2 rings (SSSR count). The number of hydrogen-bond donors (Lipinski definition) is 1. The lowest BCUT2D eigenvalue weighted by atomic mass is 10.2. The molecule has 0 spiro atoms. The fourth-order valence-corrected chi connectivity index (χ4v) is 1.73. The molecule has 4 heteroatoms. The Morgan fingerprint density at radius 2 is 1.95 bits per heavy atom. The van der Waals surface area contributed by atoms with Crippen LogP contribution < -0.4 is 10.1 Å². The molecule has 0 unspecified atom stereocenters. The third kappa shape index (κ3) is 4.09. The van der Waals surface area contributed by atoms with Crippen molar-refractivity contribution in [1.82, 2.24) is 0 Å². The van der Waals surface area contributed by atoms with E-state index in [4.69, 9.17) is 4.74 Å². The Bertz CT molecular complexity index is 584. The summed E-state index contributed by atoms with van der Waals surface area (Å²) < 4.78 is 18.9. The van der Waals surface area contributed by atoms with E-state index in [-0.39, 0.29) is 24.6 Å². The zero-order valence-corrected chi connectivity index (χ0v) is 11.2. The zero-order valence-electron chi connectivity index (χ0n) is 11.2. The number of amides is 1. The first-order valence-electron chi connectivity index (χ1n) is 6.39. The highest BCUT2D eigenvalue weighted by Gasteiger charge is 2.07. The van der Waals surface area contributed by atoms with E-state index in [1.807, 2.05) is 37.3 Å². The van der Waals surface area contributed by atoms with Gasteiger partial charge in [-0.3, -0.25) is 4.79 Å². The Morgan fingerprint density at radius 3 is 2.70 bits per heavy atom. The fourth-order valence-electron chi connectivity index (χ4n) is 1.73. The number of carbonyl (C=O) groups is 1. The van der Waals surface area contributed by atoms with Crippen LogP contribution in [0.4, 0.5) is 10.1 Å². The topological polar surface area (TPSA) is 38.3 Å². The lowest BCUT2D eigenvalue weighted by Crippen LogP contribution is -2.16. The molecular weight excluding hydrogens is 257 g/mol. The van der Waals surface area contributed by atoms with E-state index in [0.717, 1.165) is 5.56 Å². The third-order valence-electron chi connectivity index (χ3n) is 2.74. The van der Waals surface area contributed by atoms with Crippen LogP contribution in [0.5, 0.6) is 5.75 Å². The molecule has 2 aromatic carbocycles. The van der Waals surface area contributed by atoms with Gasteiger partial charge in [0.1, 0.15) is 11.6 Å². The van der Waals surface area contributed by atoms with Gasteiger partial charge in [-0.05, 0) is 36.8 Å². The third-order valence-corrected chi connectivity index (χ3v) is 2.74. The molecular formula is C16H16FNO2. The molecule has 3 nitrogen and oxygen atoms in total. The van der Waals surface area contributed by atoms with Crippen molar-refractivity contribution in [2.75, 3.05) is 11.9 Å². The quantitative estimate of drug-likeness (QED) is 0.904. The van der Waals surface area contributed by atoms with Gasteiger partial charge in [0.15, 0.2) is 0 Å². The van der Waals surface area contributed by atoms with Crippen molar-refractivity contribution in [1.29, 1.82) is 0 Å². The van der Waals surface area contributed by atoms with Crippen molar-refractivity contribution in [3.8, 4) is 5.75 Å². The second-order valence-corrected chi connectivity index (χ2v) is 4.44. The van der Waals surface area contributed by atoms with Crippen molar-refractivity contribution in [2.45, 2.75) is 13.3 Å². The van der Waals surface area contributed by atoms with Gasteiger partial charge in [-0.15, -0.1) is 0 Å². The molecule has 1 amide bonds. The summed E-state index contributed by atoms with van der Waals surface area (Å²) in [6, 6.07) is 13.8. The minimum absolute atomic E-state index is 0.169. The number of para-hydroxylation sites is 1. The maximum atomic E-state index is 13.5. The lowest BCUT2D eigenvalue weighted by molar-refractivity contribution is -0.116. The maximum absolute atomic E-state index is 13.5. The fraction of sp³-hybridized carbons (Fsp3) is 0.188. The van der Waals surface area contributed by atoms with E-state index in [9.17, 15) is 9.18 Å². The summed E-state index contributed by atoms with van der Waals surface area (Å²) >= 11 is 0. The molecule has 20 heavy (non-hydrogen) atoms. The van der Waals surface area contributed by atoms with Gasteiger partial charge in [-0.2, -0.15) is 0 Å². The number of anilines is 1. The van der Waals surface area contributed by atoms with Gasteiger partial charge in [-0.25, -0.2) is 4.39 Å². The average Bonchev–Trinajstić information content (AvgIpc) is 2.44. The van der Waals surface area contributed by atoms with Gasteiger partial charge in [0, 0.05) is 0 Å². The summed E-state index contributed by atoms with van der Waals surface area (Å²) in [6.07, 6.45) is 0.169. The number of carbonyl (C=O) groups excluding carboxylic acids is 1. The van der Waals surface area contributed by atoms with Crippen molar-refractivity contribution in [3.63, 3.8) is 0 Å². The highest BCUT2D eigenvalue weighted by atomic mass is 19.1. The van der Waals surface area contributed by atoms with E-state index in [0.29, 0.717) is 5.75 Å². The Balaban J connectivity index is 1.82. The first kappa shape index (κ1) is 14.1. The molecule has 0 aromatic heterocycles. The summed E-state index contributed by atoms with van der Waals surface area (Å²) in [5.41, 5.74) is 1.09. The highest BCUT2D eigenvalue weighted by Crippen LogP contribution is 2.16. The summed E-state index contributed by atoms with van der Waals surface area (Å²) in [7, 11) is 0. The van der Waals surface area contributed by atoms with Crippen molar-refractivity contribution >= 4 is 11.6 Å². The summed E-state index contributed by atoms with van der Waals surface area (Å²) in [5.74, 6) is 0.000366. The number of hydrogen-bond acceptors (Lipinski definition) is 2. The molecule has 0 saturated heterocycles. The maximum Gasteiger partial charge on any atom is 0.227 e. The second kappa shape index (κ2) is 6.70. The standard InChI is InChI=1S/C16H16FNO2/c1-12-7-8-14(17)15(11-12)18-16(19)9-10-20-13-5-3-2-4-6-13/h2-8,11H,9-10H2,1H3,(H,18,19). The molecule has 0 heterocycles. The molecule has 104 valence electrons. The zero-order chi connectivity index (χ0) is 14.4. The van der Waals surface area contributed by atoms with E-state index in [1.54, 1.807) is 12.1 Å². The number of halogens is 1. The van der Waals surface area contributed by atoms with Gasteiger partial charge < -0.3 is 10.1 Å². The van der Waals surface area contributed by atoms with Crippen LogP contribution in [0, 0.1) is 12.7 Å². The average molecular weight is 273 g/mol. The number of aryl methyl sites for hydroxylation is 1. The van der Waals surface area contributed by atoms with E-state index in [2.05, 4.69) is 5.32 Å². The van der Waals surface area contributed by atoms with Gasteiger partial charge in [0.05, 0.1) is 18.7 Å². The minimum Gasteiger partial charge on any atom is -0.493 e. The number of nitrogens with one attached hydrogen (secondary N) is 1. The SMILES string of the molecule is Cc1ccc(F)c(NC(=O)CCOc2ccccc2)c1. The van der Waals surface area contributed by atoms with Gasteiger partial charge >= 0.3 is 0 Å². The van der Waals surface area contributed by atoms with Crippen LogP contribution in [0.3, 0.4) is 0 Å². The molecule has 0 saturated carbocycles. The molecule has 0 aliphatic carbocycles. The van der Waals surface area contributed by atoms with Gasteiger partial charge in [-0.1, -0.05) is 24.3 Å². The first-order chi connectivity index (χ1) is 9.65. The van der Waals surface area contributed by atoms with E-state index < -0.39 is 5.82 Å². The molecule has 0 aliphatic heterocycles. The Labute approximate surface area is 117 Å². The summed E-state index contributed by atoms with van der Waals surface area (Å²) in [4.78, 5) is 11.7. The molecule has 1 N–H and O–H groups in total. The lowest BCUT2D eigenvalue weighted by Gasteiger charge is -2.08. The van der Waals surface area contributed by atoms with Crippen LogP contribution in [0.15, 0.2) is 48.5 Å². The first-order valence-corrected chi connectivity index (χ1v) is 6.39. The second-order valence-electron chi connectivity index (χ2n) is 4.44. The monoisotopic (exact) mass is 273 g/mol. The van der Waals surface area contributed by atoms with Crippen molar-refractivity contribution < 1.29 is 13.9 Å². The Morgan fingerprint density at radius 1 is 1.20 bits per heavy atom. The van der Waals surface area contributed by atoms with Crippen LogP contribution in [0.25, 0.3) is 0 Å². The van der Waals surface area contributed by atoms with E-state index in [1.165, 1.54) is 6.07 Å². The normalized spacial score (nSPS) is 10.1. The molecule has 0 atom stereocenters. The molecule has 0 aliphatic rings. The van der Waals surface area contributed by atoms with Gasteiger partial charge in [0.25, 0.3) is 0 Å². The van der Waals surface area contributed by atoms with Gasteiger partial charge in [0.2, 0.25) is 5.91 Å². The molecule has 2 aromatic rings. The van der Waals surface area contributed by atoms with Crippen LogP contribution in [0.1, 0.15) is 12.0 Å². The predicted molar refractivity (Wildman–Crippen MR) is 76.3 cm³/mol. The Kier molecular flexibility index (Phi) is 4.71. The Hall–Kier alpha value is -2.36. The van der Waals surface area contributed by atoms with Crippen molar-refractivity contribution in [2.24, 2.45) is 0 Å². The highest BCUT2D eigenvalue weighted by molar-refractivity contribution is 5.91. The minimum atomic E-state index is -0.437. The van der Waals surface area contributed by atoms with Crippen LogP contribution >= 0.6 is 0 Å². The smallest absolute Gasteiger partial charge is 0.227 e. The predicted octanol–water partition coefficient (Wildman–Crippen LogP) is 3.54. The van der Waals surface area contributed by atoms with Crippen molar-refractivity contribution in [3.05, 3.63) is 59.9 Å². The summed E-state index contributed by atoms with van der Waals surface area (Å²) in [5, 5.41) is 2.54. The molecule has 0 fully saturated rings. The van der Waals surface area contributed by atoms with E-state index >= 15 is 0 Å². The van der Waals surface area contributed by atoms with Crippen LogP contribution in [-0.4, -0.2) is 12.5 Å². The van der Waals surface area contributed by atoms with Crippen LogP contribution in [-0.2, 0) is 4.79 Å². The number of benzene rings is 2. The number of ether oxygens (including phenoxy) is 1. The summed E-state index contributed by atoms with van der Waals surface area (Å²) in [6.45, 7) is 2.09. The molecule has 0 bridgehead atoms. The van der Waals surface area contributed by atoms with Crippen LogP contribution in [0.2, 0.25) is 0 Å². The number of rotatable bonds is 5. The molecule has 0 radical (unpaired) electrons. The largest absolute Gasteiger partial charge is 0.493 e.